The summed E-state index contributed by atoms with van der Waals surface area (Å²) in [5.74, 6) is -1.86. The molecule has 0 amide bonds. The van der Waals surface area contributed by atoms with Gasteiger partial charge < -0.3 is 9.47 Å². The summed E-state index contributed by atoms with van der Waals surface area (Å²) in [7, 11) is 1.49. The minimum Gasteiger partial charge on any atom is -0.505 e. The third-order valence-electron chi connectivity index (χ3n) is 2.00. The van der Waals surface area contributed by atoms with Crippen LogP contribution in [0.5, 0.6) is 5.75 Å². The molecule has 0 N–H and O–H groups in total. The summed E-state index contributed by atoms with van der Waals surface area (Å²) in [5, 5.41) is 0. The number of allylic oxidation sites excluding steroid dienone is 1. The third-order valence-corrected chi connectivity index (χ3v) is 2.00. The first-order chi connectivity index (χ1) is 7.70. The lowest BCUT2D eigenvalue weighted by molar-refractivity contribution is 0.313. The molecule has 1 aromatic carbocycles. The van der Waals surface area contributed by atoms with Crippen LogP contribution in [-0.4, -0.2) is 13.7 Å². The van der Waals surface area contributed by atoms with E-state index in [1.807, 2.05) is 0 Å². The van der Waals surface area contributed by atoms with Crippen LogP contribution >= 0.6 is 0 Å². The Balaban J connectivity index is 2.88. The normalized spacial score (nSPS) is 10.8. The second kappa shape index (κ2) is 6.10. The molecule has 0 bridgehead atoms. The Morgan fingerprint density at radius 3 is 2.62 bits per heavy atom. The number of hydrogen-bond acceptors (Lipinski definition) is 2. The molecule has 0 radical (unpaired) electrons. The largest absolute Gasteiger partial charge is 0.505 e. The van der Waals surface area contributed by atoms with E-state index in [9.17, 15) is 8.78 Å². The van der Waals surface area contributed by atoms with Crippen LogP contribution in [0.1, 0.15) is 12.5 Å². The highest BCUT2D eigenvalue weighted by atomic mass is 19.2. The minimum atomic E-state index is -0.940. The van der Waals surface area contributed by atoms with Crippen LogP contribution in [0, 0.1) is 11.6 Å². The topological polar surface area (TPSA) is 18.5 Å². The summed E-state index contributed by atoms with van der Waals surface area (Å²) in [6.45, 7) is 2.02. The minimum absolute atomic E-state index is 0.0560. The van der Waals surface area contributed by atoms with Crippen LogP contribution in [0.15, 0.2) is 24.5 Å². The highest BCUT2D eigenvalue weighted by molar-refractivity contribution is 5.32. The maximum absolute atomic E-state index is 13.5. The van der Waals surface area contributed by atoms with Crippen molar-refractivity contribution >= 4 is 0 Å². The van der Waals surface area contributed by atoms with Gasteiger partial charge in [0.05, 0.1) is 20.0 Å². The predicted molar refractivity (Wildman–Crippen MR) is 57.4 cm³/mol. The van der Waals surface area contributed by atoms with Gasteiger partial charge in [-0.1, -0.05) is 6.07 Å². The molecule has 16 heavy (non-hydrogen) atoms. The molecule has 0 aliphatic rings. The van der Waals surface area contributed by atoms with Crippen molar-refractivity contribution in [1.82, 2.24) is 0 Å². The Labute approximate surface area is 93.5 Å². The Morgan fingerprint density at radius 2 is 2.00 bits per heavy atom. The van der Waals surface area contributed by atoms with Crippen LogP contribution in [0.4, 0.5) is 8.78 Å². The van der Waals surface area contributed by atoms with Gasteiger partial charge in [-0.2, -0.15) is 4.39 Å². The first kappa shape index (κ1) is 12.5. The highest BCUT2D eigenvalue weighted by Crippen LogP contribution is 2.23. The van der Waals surface area contributed by atoms with E-state index in [2.05, 4.69) is 4.74 Å². The van der Waals surface area contributed by atoms with Crippen molar-refractivity contribution in [1.29, 1.82) is 0 Å². The molecule has 0 saturated carbocycles. The average molecular weight is 228 g/mol. The van der Waals surface area contributed by atoms with Crippen molar-refractivity contribution in [2.45, 2.75) is 13.3 Å². The zero-order chi connectivity index (χ0) is 12.0. The molecule has 0 fully saturated rings. The highest BCUT2D eigenvalue weighted by Gasteiger charge is 2.13. The van der Waals surface area contributed by atoms with Crippen molar-refractivity contribution in [3.63, 3.8) is 0 Å². The van der Waals surface area contributed by atoms with Gasteiger partial charge in [0.2, 0.25) is 5.82 Å². The van der Waals surface area contributed by atoms with E-state index in [1.165, 1.54) is 25.5 Å². The zero-order valence-electron chi connectivity index (χ0n) is 9.30. The van der Waals surface area contributed by atoms with Crippen molar-refractivity contribution in [3.8, 4) is 5.75 Å². The van der Waals surface area contributed by atoms with Gasteiger partial charge in [-0.25, -0.2) is 4.39 Å². The molecular formula is C12H14F2O2. The fourth-order valence-electron chi connectivity index (χ4n) is 1.27. The lowest BCUT2D eigenvalue weighted by atomic mass is 10.1. The maximum Gasteiger partial charge on any atom is 0.200 e. The maximum atomic E-state index is 13.5. The summed E-state index contributed by atoms with van der Waals surface area (Å²) < 4.78 is 36.5. The Kier molecular flexibility index (Phi) is 4.76. The van der Waals surface area contributed by atoms with Gasteiger partial charge in [0.15, 0.2) is 11.6 Å². The standard InChI is InChI=1S/C12H14F2O2/c1-3-16-10-7-6-9(5-4-8-15-2)11(13)12(10)14/h4,6-8H,3,5H2,1-2H3. The summed E-state index contributed by atoms with van der Waals surface area (Å²) in [5.41, 5.74) is 0.272. The van der Waals surface area contributed by atoms with Crippen LogP contribution < -0.4 is 4.74 Å². The Hall–Kier alpha value is -1.58. The van der Waals surface area contributed by atoms with E-state index in [1.54, 1.807) is 13.0 Å². The molecule has 88 valence electrons. The molecule has 1 rings (SSSR count). The van der Waals surface area contributed by atoms with Gasteiger partial charge >= 0.3 is 0 Å². The molecule has 1 aromatic rings. The molecule has 0 atom stereocenters. The second-order valence-corrected chi connectivity index (χ2v) is 3.10. The van der Waals surface area contributed by atoms with E-state index in [4.69, 9.17) is 4.74 Å². The molecule has 0 saturated heterocycles. The van der Waals surface area contributed by atoms with Gasteiger partial charge in [-0.15, -0.1) is 0 Å². The summed E-state index contributed by atoms with van der Waals surface area (Å²) >= 11 is 0. The zero-order valence-corrected chi connectivity index (χ0v) is 9.30. The first-order valence-electron chi connectivity index (χ1n) is 4.98. The number of halogens is 2. The van der Waals surface area contributed by atoms with Crippen molar-refractivity contribution < 1.29 is 18.3 Å². The predicted octanol–water partition coefficient (Wildman–Crippen LogP) is 3.07. The molecule has 0 aliphatic heterocycles. The molecule has 0 aromatic heterocycles. The average Bonchev–Trinajstić information content (AvgIpc) is 2.28. The van der Waals surface area contributed by atoms with Crippen LogP contribution in [0.25, 0.3) is 0 Å². The number of ether oxygens (including phenoxy) is 2. The van der Waals surface area contributed by atoms with Crippen LogP contribution in [-0.2, 0) is 11.2 Å². The van der Waals surface area contributed by atoms with E-state index >= 15 is 0 Å². The van der Waals surface area contributed by atoms with Crippen LogP contribution in [0.3, 0.4) is 0 Å². The fraction of sp³-hybridized carbons (Fsp3) is 0.333. The van der Waals surface area contributed by atoms with Gasteiger partial charge in [-0.3, -0.25) is 0 Å². The lowest BCUT2D eigenvalue weighted by Crippen LogP contribution is -2.00. The molecule has 0 unspecified atom stereocenters. The fourth-order valence-corrected chi connectivity index (χ4v) is 1.27. The smallest absolute Gasteiger partial charge is 0.200 e. The second-order valence-electron chi connectivity index (χ2n) is 3.10. The van der Waals surface area contributed by atoms with E-state index < -0.39 is 11.6 Å². The number of methoxy groups -OCH3 is 1. The molecule has 0 spiro atoms. The lowest BCUT2D eigenvalue weighted by Gasteiger charge is -2.07. The summed E-state index contributed by atoms with van der Waals surface area (Å²) in [4.78, 5) is 0. The monoisotopic (exact) mass is 228 g/mol. The van der Waals surface area contributed by atoms with Crippen LogP contribution in [0.2, 0.25) is 0 Å². The molecule has 4 heteroatoms. The molecule has 2 nitrogen and oxygen atoms in total. The first-order valence-corrected chi connectivity index (χ1v) is 4.98. The van der Waals surface area contributed by atoms with Crippen molar-refractivity contribution in [2.24, 2.45) is 0 Å². The summed E-state index contributed by atoms with van der Waals surface area (Å²) in [6.07, 6.45) is 3.31. The third kappa shape index (κ3) is 2.95. The van der Waals surface area contributed by atoms with Gasteiger partial charge in [-0.05, 0) is 31.1 Å². The number of rotatable bonds is 5. The van der Waals surface area contributed by atoms with E-state index in [0.29, 0.717) is 6.61 Å². The van der Waals surface area contributed by atoms with E-state index in [0.717, 1.165) is 0 Å². The van der Waals surface area contributed by atoms with Crippen molar-refractivity contribution in [3.05, 3.63) is 41.7 Å². The Bertz CT molecular complexity index is 376. The molecular weight excluding hydrogens is 214 g/mol. The van der Waals surface area contributed by atoms with Gasteiger partial charge in [0.1, 0.15) is 0 Å². The quantitative estimate of drug-likeness (QED) is 0.721. The molecule has 0 heterocycles. The van der Waals surface area contributed by atoms with Gasteiger partial charge in [0.25, 0.3) is 0 Å². The number of benzene rings is 1. The number of hydrogen-bond donors (Lipinski definition) is 0. The SMILES string of the molecule is CCOc1ccc(CC=COC)c(F)c1F. The van der Waals surface area contributed by atoms with E-state index in [-0.39, 0.29) is 17.7 Å². The van der Waals surface area contributed by atoms with Crippen molar-refractivity contribution in [2.75, 3.05) is 13.7 Å². The molecule has 0 aliphatic carbocycles. The summed E-state index contributed by atoms with van der Waals surface area (Å²) in [6, 6.07) is 2.93. The Morgan fingerprint density at radius 1 is 1.25 bits per heavy atom. The van der Waals surface area contributed by atoms with Gasteiger partial charge in [0, 0.05) is 0 Å².